The maximum absolute atomic E-state index is 12.8. The minimum atomic E-state index is -2.18. The fourth-order valence-corrected chi connectivity index (χ4v) is 4.10. The molecule has 0 rings (SSSR count). The molecule has 8 nitrogen and oxygen atoms in total. The SMILES string of the molecule is CCOC(=O)CCCC/C=C\C=C\C(CC(=O)C(CCC(=O)OCC)=[N+]=[N-])O[Si](C)(C)C(C)(C)C. The summed E-state index contributed by atoms with van der Waals surface area (Å²) in [6.45, 7) is 14.7. The lowest BCUT2D eigenvalue weighted by atomic mass is 10.0. The number of Topliss-reactive ketones (excluding diaryl/α,β-unsaturated/α-hetero) is 1. The van der Waals surface area contributed by atoms with Crippen molar-refractivity contribution >= 4 is 31.8 Å². The fourth-order valence-electron chi connectivity index (χ4n) is 2.83. The van der Waals surface area contributed by atoms with E-state index in [-0.39, 0.29) is 48.4 Å². The number of rotatable bonds is 17. The summed E-state index contributed by atoms with van der Waals surface area (Å²) in [4.78, 5) is 38.9. The number of carbonyl (C=O) groups is 3. The largest absolute Gasteiger partial charge is 0.466 e. The van der Waals surface area contributed by atoms with E-state index in [9.17, 15) is 19.9 Å². The van der Waals surface area contributed by atoms with Crippen molar-refractivity contribution in [3.63, 3.8) is 0 Å². The second-order valence-corrected chi connectivity index (χ2v) is 14.5. The van der Waals surface area contributed by atoms with Crippen LogP contribution in [0.1, 0.15) is 79.6 Å². The molecule has 0 aliphatic heterocycles. The maximum atomic E-state index is 12.8. The molecule has 198 valence electrons. The Labute approximate surface area is 211 Å². The summed E-state index contributed by atoms with van der Waals surface area (Å²) in [7, 11) is -2.18. The van der Waals surface area contributed by atoms with E-state index in [0.717, 1.165) is 19.3 Å². The first-order valence-electron chi connectivity index (χ1n) is 12.4. The Kier molecular flexibility index (Phi) is 16.0. The summed E-state index contributed by atoms with van der Waals surface area (Å²) in [5, 5.41) is -0.0469. The van der Waals surface area contributed by atoms with Crippen LogP contribution in [0.15, 0.2) is 24.3 Å². The lowest BCUT2D eigenvalue weighted by Crippen LogP contribution is -2.44. The number of ether oxygens (including phenoxy) is 2. The zero-order valence-electron chi connectivity index (χ0n) is 22.6. The number of allylic oxidation sites excluding steroid dienone is 3. The van der Waals surface area contributed by atoms with E-state index >= 15 is 0 Å². The maximum Gasteiger partial charge on any atom is 0.335 e. The van der Waals surface area contributed by atoms with Crippen LogP contribution in [0.3, 0.4) is 0 Å². The Balaban J connectivity index is 5.11. The van der Waals surface area contributed by atoms with Gasteiger partial charge in [0, 0.05) is 12.8 Å². The van der Waals surface area contributed by atoms with Crippen molar-refractivity contribution in [2.75, 3.05) is 13.2 Å². The monoisotopic (exact) mass is 508 g/mol. The van der Waals surface area contributed by atoms with Crippen molar-refractivity contribution in [2.24, 2.45) is 0 Å². The van der Waals surface area contributed by atoms with E-state index in [1.807, 2.05) is 24.3 Å². The van der Waals surface area contributed by atoms with E-state index in [1.54, 1.807) is 13.8 Å². The summed E-state index contributed by atoms with van der Waals surface area (Å²) in [5.74, 6) is -0.976. The Bertz CT molecular complexity index is 792. The molecular formula is C26H44N2O6Si. The van der Waals surface area contributed by atoms with E-state index < -0.39 is 20.4 Å². The zero-order chi connectivity index (χ0) is 26.9. The highest BCUT2D eigenvalue weighted by molar-refractivity contribution is 6.74. The van der Waals surface area contributed by atoms with Crippen LogP contribution >= 0.6 is 0 Å². The minimum Gasteiger partial charge on any atom is -0.466 e. The van der Waals surface area contributed by atoms with Gasteiger partial charge in [0.25, 0.3) is 0 Å². The molecule has 0 aromatic rings. The standard InChI is InChI=1S/C26H44N2O6Si/c1-8-32-24(30)17-15-13-11-10-12-14-16-21(34-35(6,7)26(3,4)5)20-23(29)22(28-27)18-19-25(31)33-9-2/h10,12,14,16,21H,8-9,11,13,15,17-20H2,1-7H3/b12-10-,16-14+. The molecule has 9 heteroatoms. The molecule has 35 heavy (non-hydrogen) atoms. The quantitative estimate of drug-likeness (QED) is 0.0481. The van der Waals surface area contributed by atoms with Crippen molar-refractivity contribution < 1.29 is 33.1 Å². The van der Waals surface area contributed by atoms with Crippen molar-refractivity contribution in [1.82, 2.24) is 0 Å². The number of carbonyl (C=O) groups excluding carboxylic acids is 3. The van der Waals surface area contributed by atoms with E-state index in [2.05, 4.69) is 38.7 Å². The number of hydrogen-bond donors (Lipinski definition) is 0. The fraction of sp³-hybridized carbons (Fsp3) is 0.692. The Hall–Kier alpha value is -2.35. The van der Waals surface area contributed by atoms with Crippen LogP contribution in [0.4, 0.5) is 0 Å². The van der Waals surface area contributed by atoms with Gasteiger partial charge in [-0.1, -0.05) is 45.1 Å². The minimum absolute atomic E-state index is 0.0103. The van der Waals surface area contributed by atoms with Gasteiger partial charge in [0.15, 0.2) is 8.32 Å². The van der Waals surface area contributed by atoms with Gasteiger partial charge in [-0.25, -0.2) is 0 Å². The van der Waals surface area contributed by atoms with Gasteiger partial charge in [-0.3, -0.25) is 14.4 Å². The van der Waals surface area contributed by atoms with Crippen LogP contribution in [0.2, 0.25) is 18.1 Å². The first kappa shape index (κ1) is 32.6. The zero-order valence-corrected chi connectivity index (χ0v) is 23.6. The second-order valence-electron chi connectivity index (χ2n) is 9.76. The molecule has 0 aromatic heterocycles. The van der Waals surface area contributed by atoms with Crippen LogP contribution in [-0.2, 0) is 28.3 Å². The van der Waals surface area contributed by atoms with Crippen LogP contribution < -0.4 is 0 Å². The van der Waals surface area contributed by atoms with Gasteiger partial charge in [0.05, 0.1) is 32.2 Å². The van der Waals surface area contributed by atoms with Gasteiger partial charge >= 0.3 is 17.7 Å². The number of esters is 2. The highest BCUT2D eigenvalue weighted by Gasteiger charge is 2.39. The average Bonchev–Trinajstić information content (AvgIpc) is 2.75. The normalized spacial score (nSPS) is 13.0. The molecule has 0 radical (unpaired) electrons. The molecule has 0 fully saturated rings. The number of hydrogen-bond acceptors (Lipinski definition) is 6. The van der Waals surface area contributed by atoms with E-state index in [1.165, 1.54) is 0 Å². The third-order valence-electron chi connectivity index (χ3n) is 5.83. The number of nitrogens with zero attached hydrogens (tertiary/aromatic N) is 2. The predicted molar refractivity (Wildman–Crippen MR) is 140 cm³/mol. The molecule has 0 aromatic carbocycles. The predicted octanol–water partition coefficient (Wildman–Crippen LogP) is 5.59. The smallest absolute Gasteiger partial charge is 0.335 e. The first-order chi connectivity index (χ1) is 16.4. The highest BCUT2D eigenvalue weighted by atomic mass is 28.4. The molecule has 0 N–H and O–H groups in total. The highest BCUT2D eigenvalue weighted by Crippen LogP contribution is 2.37. The van der Waals surface area contributed by atoms with Crippen molar-refractivity contribution in [1.29, 1.82) is 0 Å². The van der Waals surface area contributed by atoms with Crippen molar-refractivity contribution in [3.8, 4) is 0 Å². The van der Waals surface area contributed by atoms with Gasteiger partial charge < -0.3 is 19.4 Å². The molecular weight excluding hydrogens is 464 g/mol. The van der Waals surface area contributed by atoms with Gasteiger partial charge in [0.1, 0.15) is 0 Å². The average molecular weight is 509 g/mol. The lowest BCUT2D eigenvalue weighted by Gasteiger charge is -2.38. The van der Waals surface area contributed by atoms with Gasteiger partial charge in [-0.05, 0) is 51.2 Å². The number of unbranched alkanes of at least 4 members (excludes halogenated alkanes) is 2. The summed E-state index contributed by atoms with van der Waals surface area (Å²) in [6.07, 6.45) is 10.0. The third kappa shape index (κ3) is 14.6. The first-order valence-corrected chi connectivity index (χ1v) is 15.3. The van der Waals surface area contributed by atoms with Crippen molar-refractivity contribution in [2.45, 2.75) is 104 Å². The van der Waals surface area contributed by atoms with E-state index in [0.29, 0.717) is 13.0 Å². The third-order valence-corrected chi connectivity index (χ3v) is 10.3. The Morgan fingerprint density at radius 3 is 2.09 bits per heavy atom. The summed E-state index contributed by atoms with van der Waals surface area (Å²) in [5.41, 5.74) is 9.26. The Morgan fingerprint density at radius 2 is 1.54 bits per heavy atom. The molecule has 0 aliphatic rings. The van der Waals surface area contributed by atoms with Crippen LogP contribution in [0.25, 0.3) is 5.53 Å². The molecule has 0 amide bonds. The molecule has 0 saturated heterocycles. The molecule has 0 spiro atoms. The van der Waals surface area contributed by atoms with Crippen molar-refractivity contribution in [3.05, 3.63) is 29.8 Å². The van der Waals surface area contributed by atoms with Crippen LogP contribution in [-0.4, -0.2) is 55.9 Å². The van der Waals surface area contributed by atoms with Crippen LogP contribution in [0.5, 0.6) is 0 Å². The summed E-state index contributed by atoms with van der Waals surface area (Å²) >= 11 is 0. The molecule has 0 heterocycles. The lowest BCUT2D eigenvalue weighted by molar-refractivity contribution is -0.144. The van der Waals surface area contributed by atoms with Gasteiger partial charge in [-0.15, -0.1) is 0 Å². The summed E-state index contributed by atoms with van der Waals surface area (Å²) in [6, 6.07) is 0. The van der Waals surface area contributed by atoms with Gasteiger partial charge in [0.2, 0.25) is 5.78 Å². The van der Waals surface area contributed by atoms with E-state index in [4.69, 9.17) is 13.9 Å². The summed E-state index contributed by atoms with van der Waals surface area (Å²) < 4.78 is 16.2. The Morgan fingerprint density at radius 1 is 0.943 bits per heavy atom. The molecule has 0 aliphatic carbocycles. The molecule has 0 saturated carbocycles. The second kappa shape index (κ2) is 17.1. The molecule has 1 atom stereocenters. The topological polar surface area (TPSA) is 115 Å². The van der Waals surface area contributed by atoms with Crippen LogP contribution in [0, 0.1) is 0 Å². The molecule has 0 bridgehead atoms. The van der Waals surface area contributed by atoms with Gasteiger partial charge in [-0.2, -0.15) is 4.79 Å². The number of ketones is 1. The molecule has 1 unspecified atom stereocenters.